The number of hydrogen-bond donors (Lipinski definition) is 2. The first-order valence-corrected chi connectivity index (χ1v) is 13.0. The lowest BCUT2D eigenvalue weighted by atomic mass is 9.90. The number of rotatable bonds is 7. The second-order valence-electron chi connectivity index (χ2n) is 9.01. The molecule has 3 aromatic rings. The number of nitrogens with zero attached hydrogens (tertiary/aromatic N) is 1. The van der Waals surface area contributed by atoms with E-state index in [9.17, 15) is 18.3 Å². The first-order valence-electron chi connectivity index (χ1n) is 11.5. The molecule has 3 aromatic carbocycles. The fraction of sp³-hybridized carbons (Fsp3) is 0.296. The van der Waals surface area contributed by atoms with Crippen LogP contribution < -0.4 is 9.62 Å². The summed E-state index contributed by atoms with van der Waals surface area (Å²) in [6.07, 6.45) is 3.10. The zero-order valence-electron chi connectivity index (χ0n) is 19.5. The molecule has 6 nitrogen and oxygen atoms in total. The van der Waals surface area contributed by atoms with Crippen LogP contribution in [0.3, 0.4) is 0 Å². The summed E-state index contributed by atoms with van der Waals surface area (Å²) in [7, 11) is -3.91. The summed E-state index contributed by atoms with van der Waals surface area (Å²) in [5, 5.41) is 9.79. The maximum absolute atomic E-state index is 12.9. The topological polar surface area (TPSA) is 86.7 Å². The first kappa shape index (κ1) is 23.8. The van der Waals surface area contributed by atoms with Gasteiger partial charge in [-0.3, -0.25) is 4.72 Å². The largest absolute Gasteiger partial charge is 0.478 e. The molecule has 0 aliphatic carbocycles. The molecule has 1 fully saturated rings. The molecule has 0 aromatic heterocycles. The van der Waals surface area contributed by atoms with Crippen molar-refractivity contribution in [3.63, 3.8) is 0 Å². The second kappa shape index (κ2) is 9.89. The molecule has 34 heavy (non-hydrogen) atoms. The van der Waals surface area contributed by atoms with E-state index in [0.717, 1.165) is 49.2 Å². The van der Waals surface area contributed by atoms with Crippen LogP contribution in [-0.2, 0) is 16.4 Å². The molecule has 0 amide bonds. The molecule has 0 spiro atoms. The van der Waals surface area contributed by atoms with Crippen molar-refractivity contribution in [3.8, 4) is 0 Å². The molecular weight excluding hydrogens is 448 g/mol. The van der Waals surface area contributed by atoms with Crippen molar-refractivity contribution in [2.45, 2.75) is 38.0 Å². The Morgan fingerprint density at radius 1 is 0.971 bits per heavy atom. The van der Waals surface area contributed by atoms with E-state index in [-0.39, 0.29) is 16.1 Å². The summed E-state index contributed by atoms with van der Waals surface area (Å²) in [4.78, 5) is 14.3. The predicted molar refractivity (Wildman–Crippen MR) is 135 cm³/mol. The second-order valence-corrected chi connectivity index (χ2v) is 10.7. The van der Waals surface area contributed by atoms with Gasteiger partial charge in [-0.05, 0) is 86.1 Å². The number of piperidine rings is 1. The molecular formula is C27H30N2O4S. The van der Waals surface area contributed by atoms with Crippen LogP contribution in [0.5, 0.6) is 0 Å². The maximum Gasteiger partial charge on any atom is 0.337 e. The molecule has 0 atom stereocenters. The van der Waals surface area contributed by atoms with Crippen molar-refractivity contribution < 1.29 is 18.3 Å². The van der Waals surface area contributed by atoms with Gasteiger partial charge < -0.3 is 10.0 Å². The molecule has 2 N–H and O–H groups in total. The number of carboxylic acids is 1. The Morgan fingerprint density at radius 3 is 2.32 bits per heavy atom. The molecule has 1 saturated heterocycles. The first-order chi connectivity index (χ1) is 16.2. The Hall–Kier alpha value is -3.32. The summed E-state index contributed by atoms with van der Waals surface area (Å²) in [6, 6.07) is 20.2. The molecule has 0 saturated carbocycles. The van der Waals surface area contributed by atoms with Gasteiger partial charge in [-0.15, -0.1) is 0 Å². The smallest absolute Gasteiger partial charge is 0.337 e. The van der Waals surface area contributed by atoms with Crippen molar-refractivity contribution in [2.75, 3.05) is 22.7 Å². The monoisotopic (exact) mass is 478 g/mol. The Labute approximate surface area is 201 Å². The normalized spacial score (nSPS) is 14.7. The Morgan fingerprint density at radius 2 is 1.68 bits per heavy atom. The Balaban J connectivity index is 1.48. The highest BCUT2D eigenvalue weighted by atomic mass is 32.2. The third kappa shape index (κ3) is 5.42. The number of nitrogens with one attached hydrogen (secondary N) is 1. The molecule has 0 unspecified atom stereocenters. The Kier molecular flexibility index (Phi) is 6.93. The standard InChI is InChI=1S/C27H30N2O4S/c1-19-8-10-24(16-20(19)2)34(32,33)28-26-11-9-23(18-25(26)27(30)31)29-14-12-22(13-15-29)17-21-6-4-3-5-7-21/h3-11,16,18,22,28H,12-15,17H2,1-2H3,(H,30,31). The van der Waals surface area contributed by atoms with E-state index in [1.165, 1.54) is 11.6 Å². The van der Waals surface area contributed by atoms with Gasteiger partial charge in [0.25, 0.3) is 10.0 Å². The van der Waals surface area contributed by atoms with Crippen molar-refractivity contribution in [2.24, 2.45) is 5.92 Å². The fourth-order valence-corrected chi connectivity index (χ4v) is 5.59. The van der Waals surface area contributed by atoms with Crippen LogP contribution >= 0.6 is 0 Å². The maximum atomic E-state index is 12.9. The summed E-state index contributed by atoms with van der Waals surface area (Å²) < 4.78 is 28.3. The molecule has 7 heteroatoms. The molecule has 0 radical (unpaired) electrons. The summed E-state index contributed by atoms with van der Waals surface area (Å²) in [5.41, 5.74) is 3.98. The number of hydrogen-bond acceptors (Lipinski definition) is 4. The molecule has 1 heterocycles. The third-order valence-corrected chi connectivity index (χ3v) is 7.98. The van der Waals surface area contributed by atoms with Gasteiger partial charge in [0, 0.05) is 18.8 Å². The van der Waals surface area contributed by atoms with Crippen LogP contribution in [0.2, 0.25) is 0 Å². The number of aryl methyl sites for hydroxylation is 2. The van der Waals surface area contributed by atoms with E-state index in [0.29, 0.717) is 5.92 Å². The van der Waals surface area contributed by atoms with Gasteiger partial charge in [-0.25, -0.2) is 13.2 Å². The highest BCUT2D eigenvalue weighted by Crippen LogP contribution is 2.30. The van der Waals surface area contributed by atoms with Gasteiger partial charge in [0.1, 0.15) is 0 Å². The summed E-state index contributed by atoms with van der Waals surface area (Å²) >= 11 is 0. The van der Waals surface area contributed by atoms with E-state index in [2.05, 4.69) is 33.9 Å². The third-order valence-electron chi connectivity index (χ3n) is 6.61. The van der Waals surface area contributed by atoms with Crippen molar-refractivity contribution in [1.29, 1.82) is 0 Å². The number of benzene rings is 3. The van der Waals surface area contributed by atoms with E-state index >= 15 is 0 Å². The van der Waals surface area contributed by atoms with Gasteiger partial charge >= 0.3 is 5.97 Å². The highest BCUT2D eigenvalue weighted by molar-refractivity contribution is 7.92. The Bertz CT molecular complexity index is 1280. The van der Waals surface area contributed by atoms with Crippen LogP contribution in [0.4, 0.5) is 11.4 Å². The minimum atomic E-state index is -3.91. The average molecular weight is 479 g/mol. The SMILES string of the molecule is Cc1ccc(S(=O)(=O)Nc2ccc(N3CCC(Cc4ccccc4)CC3)cc2C(=O)O)cc1C. The zero-order valence-corrected chi connectivity index (χ0v) is 20.3. The zero-order chi connectivity index (χ0) is 24.3. The lowest BCUT2D eigenvalue weighted by Gasteiger charge is -2.34. The van der Waals surface area contributed by atoms with Gasteiger partial charge in [0.2, 0.25) is 0 Å². The number of carbonyl (C=O) groups is 1. The van der Waals surface area contributed by atoms with Crippen molar-refractivity contribution in [1.82, 2.24) is 0 Å². The predicted octanol–water partition coefficient (Wildman–Crippen LogP) is 5.26. The van der Waals surface area contributed by atoms with Gasteiger partial charge in [0.15, 0.2) is 0 Å². The van der Waals surface area contributed by atoms with E-state index < -0.39 is 16.0 Å². The number of sulfonamides is 1. The number of carboxylic acid groups (broad SMARTS) is 1. The van der Waals surface area contributed by atoms with Gasteiger partial charge in [0.05, 0.1) is 16.1 Å². The average Bonchev–Trinajstić information content (AvgIpc) is 2.82. The summed E-state index contributed by atoms with van der Waals surface area (Å²) in [5.74, 6) is -0.569. The van der Waals surface area contributed by atoms with Crippen LogP contribution in [-0.4, -0.2) is 32.6 Å². The van der Waals surface area contributed by atoms with E-state index in [1.807, 2.05) is 19.9 Å². The molecule has 0 bridgehead atoms. The fourth-order valence-electron chi connectivity index (χ4n) is 4.42. The van der Waals surface area contributed by atoms with Crippen LogP contribution in [0.25, 0.3) is 0 Å². The van der Waals surface area contributed by atoms with E-state index in [1.54, 1.807) is 30.3 Å². The van der Waals surface area contributed by atoms with Crippen LogP contribution in [0.1, 0.15) is 39.9 Å². The van der Waals surface area contributed by atoms with Gasteiger partial charge in [-0.2, -0.15) is 0 Å². The molecule has 178 valence electrons. The summed E-state index contributed by atoms with van der Waals surface area (Å²) in [6.45, 7) is 5.42. The van der Waals surface area contributed by atoms with Crippen LogP contribution in [0, 0.1) is 19.8 Å². The highest BCUT2D eigenvalue weighted by Gasteiger charge is 2.23. The van der Waals surface area contributed by atoms with Crippen molar-refractivity contribution in [3.05, 3.63) is 89.0 Å². The minimum Gasteiger partial charge on any atom is -0.478 e. The van der Waals surface area contributed by atoms with Crippen molar-refractivity contribution >= 4 is 27.4 Å². The van der Waals surface area contributed by atoms with Gasteiger partial charge in [-0.1, -0.05) is 36.4 Å². The molecule has 1 aliphatic rings. The lowest BCUT2D eigenvalue weighted by molar-refractivity contribution is 0.0698. The van der Waals surface area contributed by atoms with E-state index in [4.69, 9.17) is 0 Å². The lowest BCUT2D eigenvalue weighted by Crippen LogP contribution is -2.34. The molecule has 4 rings (SSSR count). The van der Waals surface area contributed by atoms with Crippen LogP contribution in [0.15, 0.2) is 71.6 Å². The quantitative estimate of drug-likeness (QED) is 0.484. The molecule has 1 aliphatic heterocycles. The minimum absolute atomic E-state index is 0.0590. The number of anilines is 2. The number of aromatic carboxylic acids is 1.